The van der Waals surface area contributed by atoms with Crippen LogP contribution >= 0.6 is 15.9 Å². The monoisotopic (exact) mass is 489 g/mol. The van der Waals surface area contributed by atoms with E-state index in [-0.39, 0.29) is 12.3 Å². The first-order valence-electron chi connectivity index (χ1n) is 9.03. The number of carbonyl (C=O) groups excluding carboxylic acids is 1. The summed E-state index contributed by atoms with van der Waals surface area (Å²) in [4.78, 5) is 15.9. The van der Waals surface area contributed by atoms with E-state index in [0.717, 1.165) is 6.07 Å². The third kappa shape index (κ3) is 6.38. The van der Waals surface area contributed by atoms with E-state index in [1.165, 1.54) is 19.1 Å². The van der Waals surface area contributed by atoms with Crippen molar-refractivity contribution in [1.82, 2.24) is 9.71 Å². The minimum Gasteiger partial charge on any atom is -0.311 e. The molecule has 2 aromatic rings. The highest BCUT2D eigenvalue weighted by atomic mass is 79.9. The second-order valence-electron chi connectivity index (χ2n) is 8.00. The molecule has 1 heterocycles. The van der Waals surface area contributed by atoms with Gasteiger partial charge in [-0.25, -0.2) is 13.8 Å². The summed E-state index contributed by atoms with van der Waals surface area (Å²) < 4.78 is 44.0. The van der Waals surface area contributed by atoms with Gasteiger partial charge in [-0.2, -0.15) is 0 Å². The number of hydrogen-bond acceptors (Lipinski definition) is 3. The van der Waals surface area contributed by atoms with E-state index in [0.29, 0.717) is 21.5 Å². The fourth-order valence-corrected chi connectivity index (χ4v) is 4.30. The molecule has 1 unspecified atom stereocenters. The van der Waals surface area contributed by atoms with Crippen molar-refractivity contribution >= 4 is 37.8 Å². The fourth-order valence-electron chi connectivity index (χ4n) is 2.61. The Hall–Kier alpha value is -1.71. The van der Waals surface area contributed by atoms with Gasteiger partial charge in [0.2, 0.25) is 5.91 Å². The van der Waals surface area contributed by atoms with E-state index in [1.807, 2.05) is 20.8 Å². The number of hydrogen-bond donors (Lipinski definition) is 3. The summed E-state index contributed by atoms with van der Waals surface area (Å²) in [6.45, 7) is 6.94. The van der Waals surface area contributed by atoms with Gasteiger partial charge in [0, 0.05) is 28.5 Å². The molecule has 0 aliphatic heterocycles. The number of anilines is 1. The van der Waals surface area contributed by atoms with Crippen molar-refractivity contribution < 1.29 is 17.8 Å². The van der Waals surface area contributed by atoms with Crippen molar-refractivity contribution in [3.8, 4) is 0 Å². The van der Waals surface area contributed by atoms with E-state index in [4.69, 9.17) is 0 Å². The average molecular weight is 490 g/mol. The van der Waals surface area contributed by atoms with Gasteiger partial charge in [-0.3, -0.25) is 13.7 Å². The standard InChI is InChI=1S/C20H26BrF2N3O2S/c1-12(27)24-18-7-6-16(21)19(25-18)17(26-29(5,28)20(2,3)4)10-13-8-14(22)11-15(23)9-13/h6-9,11,17,29H,10H2,1-5H3,(H,26,28)(H,24,25,27). The summed E-state index contributed by atoms with van der Waals surface area (Å²) in [5, 5.41) is 2.61. The second kappa shape index (κ2) is 8.97. The predicted octanol–water partition coefficient (Wildman–Crippen LogP) is 4.31. The van der Waals surface area contributed by atoms with Gasteiger partial charge in [-0.15, -0.1) is 0 Å². The number of nitrogens with zero attached hydrogens (tertiary/aromatic N) is 1. The van der Waals surface area contributed by atoms with Crippen LogP contribution in [-0.4, -0.2) is 26.1 Å². The zero-order valence-electron chi connectivity index (χ0n) is 17.0. The number of benzene rings is 1. The Morgan fingerprint density at radius 1 is 1.21 bits per heavy atom. The largest absolute Gasteiger partial charge is 0.311 e. The Balaban J connectivity index is 2.52. The molecule has 29 heavy (non-hydrogen) atoms. The molecule has 0 spiro atoms. The lowest BCUT2D eigenvalue weighted by Crippen LogP contribution is -2.47. The first kappa shape index (κ1) is 23.6. The molecule has 0 saturated carbocycles. The number of thiol groups is 1. The molecule has 0 saturated heterocycles. The van der Waals surface area contributed by atoms with Crippen LogP contribution in [0.3, 0.4) is 0 Å². The Morgan fingerprint density at radius 3 is 2.31 bits per heavy atom. The van der Waals surface area contributed by atoms with E-state index in [1.54, 1.807) is 18.4 Å². The molecule has 1 aromatic heterocycles. The van der Waals surface area contributed by atoms with E-state index < -0.39 is 32.5 Å². The minimum atomic E-state index is -2.91. The molecule has 0 bridgehead atoms. The van der Waals surface area contributed by atoms with Crippen LogP contribution in [0.1, 0.15) is 45.0 Å². The highest BCUT2D eigenvalue weighted by molar-refractivity contribution is 9.10. The molecule has 0 fully saturated rings. The zero-order valence-corrected chi connectivity index (χ0v) is 19.5. The van der Waals surface area contributed by atoms with Gasteiger partial charge in [0.1, 0.15) is 17.5 Å². The molecular weight excluding hydrogens is 464 g/mol. The Labute approximate surface area is 179 Å². The first-order valence-corrected chi connectivity index (χ1v) is 12.0. The molecule has 2 rings (SSSR count). The number of nitrogens with one attached hydrogen (secondary N) is 2. The van der Waals surface area contributed by atoms with Crippen molar-refractivity contribution in [1.29, 1.82) is 0 Å². The lowest BCUT2D eigenvalue weighted by atomic mass is 10.0. The lowest BCUT2D eigenvalue weighted by molar-refractivity contribution is -0.114. The van der Waals surface area contributed by atoms with E-state index >= 15 is 0 Å². The molecule has 2 N–H and O–H groups in total. The zero-order chi connectivity index (χ0) is 22.0. The molecule has 160 valence electrons. The SMILES string of the molecule is CC(=O)Nc1ccc(Br)c(C(Cc2cc(F)cc(F)c2)N[SH](C)(=O)C(C)(C)C)n1. The maximum Gasteiger partial charge on any atom is 0.222 e. The summed E-state index contributed by atoms with van der Waals surface area (Å²) in [6, 6.07) is 6.00. The van der Waals surface area contributed by atoms with Gasteiger partial charge < -0.3 is 5.32 Å². The number of amides is 1. The minimum absolute atomic E-state index is 0.151. The van der Waals surface area contributed by atoms with Crippen molar-refractivity contribution in [2.24, 2.45) is 0 Å². The molecular formula is C20H26BrF2N3O2S. The number of halogens is 3. The fraction of sp³-hybridized carbons (Fsp3) is 0.400. The van der Waals surface area contributed by atoms with Crippen molar-refractivity contribution in [2.45, 2.75) is 44.9 Å². The molecule has 0 aliphatic carbocycles. The van der Waals surface area contributed by atoms with Crippen LogP contribution < -0.4 is 10.0 Å². The van der Waals surface area contributed by atoms with Crippen LogP contribution in [0.4, 0.5) is 14.6 Å². The number of aromatic nitrogens is 1. The summed E-state index contributed by atoms with van der Waals surface area (Å²) in [5.74, 6) is -1.32. The number of rotatable bonds is 6. The second-order valence-corrected chi connectivity index (χ2v) is 12.3. The molecule has 1 aromatic carbocycles. The van der Waals surface area contributed by atoms with Gasteiger partial charge in [0.15, 0.2) is 0 Å². The normalized spacial score (nSPS) is 13.8. The van der Waals surface area contributed by atoms with Crippen LogP contribution in [0.25, 0.3) is 0 Å². The summed E-state index contributed by atoms with van der Waals surface area (Å²) in [7, 11) is -2.91. The lowest BCUT2D eigenvalue weighted by Gasteiger charge is -2.37. The third-order valence-corrected chi connectivity index (χ3v) is 8.59. The smallest absolute Gasteiger partial charge is 0.222 e. The van der Waals surface area contributed by atoms with Gasteiger partial charge in [0.25, 0.3) is 0 Å². The molecule has 1 atom stereocenters. The average Bonchev–Trinajstić information content (AvgIpc) is 2.53. The van der Waals surface area contributed by atoms with Crippen molar-refractivity contribution in [3.05, 3.63) is 57.7 Å². The Morgan fingerprint density at radius 2 is 1.79 bits per heavy atom. The van der Waals surface area contributed by atoms with Crippen LogP contribution in [0.5, 0.6) is 0 Å². The van der Waals surface area contributed by atoms with Gasteiger partial charge >= 0.3 is 0 Å². The summed E-state index contributed by atoms with van der Waals surface area (Å²) >= 11 is 3.44. The van der Waals surface area contributed by atoms with Crippen LogP contribution in [0.15, 0.2) is 34.8 Å². The van der Waals surface area contributed by atoms with Crippen LogP contribution in [0.2, 0.25) is 0 Å². The maximum atomic E-state index is 13.7. The first-order chi connectivity index (χ1) is 13.3. The predicted molar refractivity (Wildman–Crippen MR) is 117 cm³/mol. The molecule has 0 radical (unpaired) electrons. The molecule has 9 heteroatoms. The van der Waals surface area contributed by atoms with Gasteiger partial charge in [0.05, 0.1) is 11.7 Å². The third-order valence-electron chi connectivity index (χ3n) is 4.55. The Kier molecular flexibility index (Phi) is 7.29. The van der Waals surface area contributed by atoms with Crippen molar-refractivity contribution in [3.63, 3.8) is 0 Å². The van der Waals surface area contributed by atoms with Crippen LogP contribution in [0, 0.1) is 11.6 Å². The highest BCUT2D eigenvalue weighted by Crippen LogP contribution is 2.30. The molecule has 5 nitrogen and oxygen atoms in total. The van der Waals surface area contributed by atoms with Gasteiger partial charge in [-0.1, -0.05) is 10.1 Å². The maximum absolute atomic E-state index is 13.7. The summed E-state index contributed by atoms with van der Waals surface area (Å²) in [5.41, 5.74) is 0.875. The summed E-state index contributed by atoms with van der Waals surface area (Å²) in [6.07, 6.45) is 1.79. The van der Waals surface area contributed by atoms with E-state index in [9.17, 15) is 17.8 Å². The topological polar surface area (TPSA) is 71.1 Å². The van der Waals surface area contributed by atoms with Crippen molar-refractivity contribution in [2.75, 3.05) is 11.6 Å². The van der Waals surface area contributed by atoms with Gasteiger partial charge in [-0.05, 0) is 73.0 Å². The van der Waals surface area contributed by atoms with Crippen LogP contribution in [-0.2, 0) is 21.3 Å². The number of pyridine rings is 1. The molecule has 0 aliphatic rings. The molecule has 1 amide bonds. The highest BCUT2D eigenvalue weighted by Gasteiger charge is 2.30. The Bertz CT molecular complexity index is 943. The quantitative estimate of drug-likeness (QED) is 0.529. The van der Waals surface area contributed by atoms with E-state index in [2.05, 4.69) is 31.0 Å². The number of carbonyl (C=O) groups is 1.